The molecule has 9 nitrogen and oxygen atoms in total. The zero-order valence-corrected chi connectivity index (χ0v) is 15.3. The van der Waals surface area contributed by atoms with Gasteiger partial charge < -0.3 is 5.32 Å². The van der Waals surface area contributed by atoms with E-state index in [-0.39, 0.29) is 11.6 Å². The number of nitro groups is 1. The maximum absolute atomic E-state index is 12.6. The molecule has 27 heavy (non-hydrogen) atoms. The smallest absolute Gasteiger partial charge is 0.307 e. The minimum absolute atomic E-state index is 0.165. The van der Waals surface area contributed by atoms with Gasteiger partial charge in [0.2, 0.25) is 0 Å². The van der Waals surface area contributed by atoms with Crippen LogP contribution in [0.25, 0.3) is 0 Å². The minimum Gasteiger partial charge on any atom is -0.321 e. The van der Waals surface area contributed by atoms with E-state index < -0.39 is 10.5 Å². The average molecular weight is 368 g/mol. The third-order valence-electron chi connectivity index (χ3n) is 4.23. The van der Waals surface area contributed by atoms with E-state index in [1.165, 1.54) is 16.4 Å². The number of anilines is 1. The molecule has 0 saturated heterocycles. The normalized spacial score (nSPS) is 11.4. The van der Waals surface area contributed by atoms with E-state index in [4.69, 9.17) is 0 Å². The quantitative estimate of drug-likeness (QED) is 0.532. The standard InChI is InChI=1S/C18H20N6O3/c1-13-5-4-6-14(7-13)10-22-11-15(8-19-22)21-17(25)18(2,3)23-12-16(9-20-23)24(26)27/h4-9,11-12H,10H2,1-3H3,(H,21,25). The molecule has 3 rings (SSSR count). The van der Waals surface area contributed by atoms with E-state index in [0.29, 0.717) is 12.2 Å². The van der Waals surface area contributed by atoms with Crippen LogP contribution in [0.5, 0.6) is 0 Å². The molecule has 1 aromatic carbocycles. The highest BCUT2D eigenvalue weighted by Gasteiger charge is 2.32. The monoisotopic (exact) mass is 368 g/mol. The average Bonchev–Trinajstić information content (AvgIpc) is 3.25. The molecular weight excluding hydrogens is 348 g/mol. The van der Waals surface area contributed by atoms with E-state index >= 15 is 0 Å². The first-order chi connectivity index (χ1) is 12.8. The molecule has 0 radical (unpaired) electrons. The predicted molar refractivity (Wildman–Crippen MR) is 99.3 cm³/mol. The molecule has 0 bridgehead atoms. The van der Waals surface area contributed by atoms with E-state index in [2.05, 4.69) is 21.6 Å². The van der Waals surface area contributed by atoms with Gasteiger partial charge in [0.05, 0.1) is 23.4 Å². The molecule has 0 aliphatic heterocycles. The second-order valence-corrected chi connectivity index (χ2v) is 6.83. The van der Waals surface area contributed by atoms with Gasteiger partial charge in [0, 0.05) is 6.20 Å². The highest BCUT2D eigenvalue weighted by Crippen LogP contribution is 2.20. The molecule has 0 aliphatic rings. The third kappa shape index (κ3) is 4.02. The maximum atomic E-state index is 12.6. The van der Waals surface area contributed by atoms with Crippen LogP contribution in [-0.4, -0.2) is 30.4 Å². The van der Waals surface area contributed by atoms with Crippen LogP contribution in [0.4, 0.5) is 11.4 Å². The Kier molecular flexibility index (Phi) is 4.76. The van der Waals surface area contributed by atoms with Gasteiger partial charge in [0.1, 0.15) is 17.9 Å². The molecule has 0 unspecified atom stereocenters. The van der Waals surface area contributed by atoms with E-state index in [1.54, 1.807) is 30.9 Å². The summed E-state index contributed by atoms with van der Waals surface area (Å²) < 4.78 is 3.01. The SMILES string of the molecule is Cc1cccc(Cn2cc(NC(=O)C(C)(C)n3cc([N+](=O)[O-])cn3)cn2)c1. The van der Waals surface area contributed by atoms with Crippen molar-refractivity contribution in [1.82, 2.24) is 19.6 Å². The van der Waals surface area contributed by atoms with Gasteiger partial charge in [-0.05, 0) is 26.3 Å². The van der Waals surface area contributed by atoms with Gasteiger partial charge in [-0.3, -0.25) is 24.3 Å². The molecule has 2 aromatic heterocycles. The Morgan fingerprint density at radius 1 is 1.26 bits per heavy atom. The van der Waals surface area contributed by atoms with Crippen molar-refractivity contribution < 1.29 is 9.72 Å². The van der Waals surface area contributed by atoms with Gasteiger partial charge in [-0.2, -0.15) is 10.2 Å². The van der Waals surface area contributed by atoms with Crippen molar-refractivity contribution in [2.75, 3.05) is 5.32 Å². The highest BCUT2D eigenvalue weighted by atomic mass is 16.6. The van der Waals surface area contributed by atoms with Crippen molar-refractivity contribution in [3.63, 3.8) is 0 Å². The first-order valence-electron chi connectivity index (χ1n) is 8.35. The molecule has 140 valence electrons. The van der Waals surface area contributed by atoms with Crippen molar-refractivity contribution in [3.8, 4) is 0 Å². The Bertz CT molecular complexity index is 988. The van der Waals surface area contributed by atoms with Gasteiger partial charge in [-0.1, -0.05) is 29.8 Å². The number of carbonyl (C=O) groups is 1. The second-order valence-electron chi connectivity index (χ2n) is 6.83. The molecule has 0 fully saturated rings. The van der Waals surface area contributed by atoms with Crippen LogP contribution < -0.4 is 5.32 Å². The summed E-state index contributed by atoms with van der Waals surface area (Å²) in [5.74, 6) is -0.351. The Balaban J connectivity index is 1.70. The fourth-order valence-corrected chi connectivity index (χ4v) is 2.61. The molecule has 0 aliphatic carbocycles. The number of benzene rings is 1. The molecular formula is C18H20N6O3. The Morgan fingerprint density at radius 3 is 2.70 bits per heavy atom. The minimum atomic E-state index is -1.10. The van der Waals surface area contributed by atoms with Crippen molar-refractivity contribution >= 4 is 17.3 Å². The summed E-state index contributed by atoms with van der Waals surface area (Å²) >= 11 is 0. The van der Waals surface area contributed by atoms with E-state index in [1.807, 2.05) is 25.1 Å². The lowest BCUT2D eigenvalue weighted by Gasteiger charge is -2.23. The molecule has 0 saturated carbocycles. The largest absolute Gasteiger partial charge is 0.321 e. The number of rotatable bonds is 6. The van der Waals surface area contributed by atoms with E-state index in [9.17, 15) is 14.9 Å². The van der Waals surface area contributed by atoms with Crippen molar-refractivity contribution in [3.05, 3.63) is 70.3 Å². The first-order valence-corrected chi connectivity index (χ1v) is 8.35. The van der Waals surface area contributed by atoms with Gasteiger partial charge in [-0.15, -0.1) is 0 Å². The molecule has 3 aromatic rings. The Labute approximate surface area is 155 Å². The van der Waals surface area contributed by atoms with Gasteiger partial charge in [0.25, 0.3) is 5.91 Å². The van der Waals surface area contributed by atoms with Crippen LogP contribution in [-0.2, 0) is 16.9 Å². The molecule has 1 N–H and O–H groups in total. The van der Waals surface area contributed by atoms with Crippen LogP contribution >= 0.6 is 0 Å². The topological polar surface area (TPSA) is 108 Å². The fraction of sp³-hybridized carbons (Fsp3) is 0.278. The summed E-state index contributed by atoms with van der Waals surface area (Å²) in [6, 6.07) is 8.11. The lowest BCUT2D eigenvalue weighted by Crippen LogP contribution is -2.40. The molecule has 1 amide bonds. The van der Waals surface area contributed by atoms with Crippen LogP contribution in [0.1, 0.15) is 25.0 Å². The number of hydrogen-bond donors (Lipinski definition) is 1. The number of aryl methyl sites for hydroxylation is 1. The van der Waals surface area contributed by atoms with Crippen LogP contribution in [0.2, 0.25) is 0 Å². The summed E-state index contributed by atoms with van der Waals surface area (Å²) in [5, 5.41) is 21.8. The number of aromatic nitrogens is 4. The van der Waals surface area contributed by atoms with Crippen molar-refractivity contribution in [2.24, 2.45) is 0 Å². The zero-order chi connectivity index (χ0) is 19.6. The molecule has 9 heteroatoms. The number of carbonyl (C=O) groups excluding carboxylic acids is 1. The molecule has 0 atom stereocenters. The number of nitrogens with one attached hydrogen (secondary N) is 1. The van der Waals surface area contributed by atoms with Crippen LogP contribution in [0.15, 0.2) is 49.1 Å². The second kappa shape index (κ2) is 7.02. The summed E-state index contributed by atoms with van der Waals surface area (Å²) in [7, 11) is 0. The van der Waals surface area contributed by atoms with E-state index in [0.717, 1.165) is 11.8 Å². The third-order valence-corrected chi connectivity index (χ3v) is 4.23. The number of amides is 1. The zero-order valence-electron chi connectivity index (χ0n) is 15.3. The highest BCUT2D eigenvalue weighted by molar-refractivity contribution is 5.95. The van der Waals surface area contributed by atoms with Crippen LogP contribution in [0, 0.1) is 17.0 Å². The first kappa shape index (κ1) is 18.3. The lowest BCUT2D eigenvalue weighted by molar-refractivity contribution is -0.385. The number of hydrogen-bond acceptors (Lipinski definition) is 5. The summed E-state index contributed by atoms with van der Waals surface area (Å²) in [6.07, 6.45) is 5.66. The predicted octanol–water partition coefficient (Wildman–Crippen LogP) is 2.72. The molecule has 0 spiro atoms. The van der Waals surface area contributed by atoms with Crippen LogP contribution in [0.3, 0.4) is 0 Å². The fourth-order valence-electron chi connectivity index (χ4n) is 2.61. The lowest BCUT2D eigenvalue weighted by atomic mass is 10.1. The summed E-state index contributed by atoms with van der Waals surface area (Å²) in [4.78, 5) is 22.9. The van der Waals surface area contributed by atoms with Crippen molar-refractivity contribution in [1.29, 1.82) is 0 Å². The van der Waals surface area contributed by atoms with Crippen molar-refractivity contribution in [2.45, 2.75) is 32.9 Å². The number of nitrogens with zero attached hydrogens (tertiary/aromatic N) is 5. The molecule has 2 heterocycles. The van der Waals surface area contributed by atoms with Gasteiger partial charge >= 0.3 is 5.69 Å². The summed E-state index contributed by atoms with van der Waals surface area (Å²) in [6.45, 7) is 5.89. The summed E-state index contributed by atoms with van der Waals surface area (Å²) in [5.41, 5.74) is 1.56. The van der Waals surface area contributed by atoms with Gasteiger partial charge in [-0.25, -0.2) is 0 Å². The Hall–Kier alpha value is -3.49. The van der Waals surface area contributed by atoms with Gasteiger partial charge in [0.15, 0.2) is 0 Å². The maximum Gasteiger partial charge on any atom is 0.307 e. The Morgan fingerprint density at radius 2 is 2.04 bits per heavy atom.